The van der Waals surface area contributed by atoms with Crippen LogP contribution in [0.4, 0.5) is 21.6 Å². The lowest BCUT2D eigenvalue weighted by Gasteiger charge is -2.57. The van der Waals surface area contributed by atoms with Gasteiger partial charge >= 0.3 is 5.69 Å². The zero-order valence-corrected chi connectivity index (χ0v) is 39.9. The Balaban J connectivity index is 0.935. The van der Waals surface area contributed by atoms with E-state index in [0.29, 0.717) is 50.1 Å². The monoisotopic (exact) mass is 952 g/mol. The Hall–Kier alpha value is -5.85. The Bertz CT molecular complexity index is 2790. The number of fused-ring (bicyclic) bond motifs is 1. The number of benzene rings is 2. The lowest BCUT2D eigenvalue weighted by Crippen LogP contribution is -2.63. The summed E-state index contributed by atoms with van der Waals surface area (Å²) in [6, 6.07) is 16.6. The highest BCUT2D eigenvalue weighted by Crippen LogP contribution is 2.49. The predicted molar refractivity (Wildman–Crippen MR) is 257 cm³/mol. The number of nitro groups is 1. The fourth-order valence-corrected chi connectivity index (χ4v) is 11.9. The normalized spacial score (nSPS) is 22.9. The quantitative estimate of drug-likeness (QED) is 0.0572. The molecule has 2 saturated carbocycles. The molecule has 18 heteroatoms. The molecular formula is C50H61FN8O8S. The average Bonchev–Trinajstić information content (AvgIpc) is 3.94. The van der Waals surface area contributed by atoms with Gasteiger partial charge in [-0.05, 0) is 112 Å². The van der Waals surface area contributed by atoms with Crippen LogP contribution < -0.4 is 24.4 Å². The zero-order chi connectivity index (χ0) is 48.0. The molecule has 0 unspecified atom stereocenters. The number of hydrogen-bond acceptors (Lipinski definition) is 13. The molecule has 68 heavy (non-hydrogen) atoms. The van der Waals surface area contributed by atoms with Crippen molar-refractivity contribution in [2.75, 3.05) is 49.5 Å². The van der Waals surface area contributed by atoms with Crippen molar-refractivity contribution in [3.05, 3.63) is 99.6 Å². The van der Waals surface area contributed by atoms with Crippen LogP contribution in [0.5, 0.6) is 17.4 Å². The summed E-state index contributed by atoms with van der Waals surface area (Å²) in [5, 5.41) is 25.6. The van der Waals surface area contributed by atoms with Gasteiger partial charge in [0.25, 0.3) is 21.8 Å². The number of carbonyl (C=O) groups is 1. The molecule has 0 radical (unpaired) electrons. The van der Waals surface area contributed by atoms with Crippen molar-refractivity contribution in [2.45, 2.75) is 114 Å². The number of sulfonamides is 1. The second-order valence-electron chi connectivity index (χ2n) is 19.9. The Morgan fingerprint density at radius 3 is 2.51 bits per heavy atom. The van der Waals surface area contributed by atoms with E-state index in [1.165, 1.54) is 42.5 Å². The Kier molecular flexibility index (Phi) is 13.1. The minimum Gasteiger partial charge on any atom is -0.475 e. The summed E-state index contributed by atoms with van der Waals surface area (Å²) >= 11 is 0. The maximum absolute atomic E-state index is 14.9. The molecule has 362 valence electrons. The van der Waals surface area contributed by atoms with E-state index in [1.807, 2.05) is 0 Å². The summed E-state index contributed by atoms with van der Waals surface area (Å²) in [5.41, 5.74) is 2.64. The highest BCUT2D eigenvalue weighted by molar-refractivity contribution is 7.90. The van der Waals surface area contributed by atoms with Gasteiger partial charge in [-0.25, -0.2) is 22.5 Å². The Morgan fingerprint density at radius 1 is 1.04 bits per heavy atom. The van der Waals surface area contributed by atoms with Gasteiger partial charge in [0, 0.05) is 68.8 Å². The average molecular weight is 953 g/mol. The Labute approximate surface area is 396 Å². The van der Waals surface area contributed by atoms with Gasteiger partial charge in [0.15, 0.2) is 5.75 Å². The number of carbonyl (C=O) groups excluding carboxylic acids is 1. The number of piperidine rings is 1. The van der Waals surface area contributed by atoms with Crippen LogP contribution in [0, 0.1) is 27.3 Å². The molecule has 16 nitrogen and oxygen atoms in total. The van der Waals surface area contributed by atoms with Gasteiger partial charge in [0.1, 0.15) is 22.1 Å². The van der Waals surface area contributed by atoms with Crippen LogP contribution in [0.25, 0.3) is 11.0 Å². The molecule has 2 aliphatic carbocycles. The SMILES string of the molecule is CCOc1nc2[nH]cc(F)c2cc1Oc1cc(N2CCC3(CC2)CN([C@H]2CCC[C@H]2c2ccccc2C(C)C)C3)ccc1C(=O)NS(=O)(=O)c1cnc(NCC2CCC(C)(O)CC2)c([N+](=O)[O-])c1. The van der Waals surface area contributed by atoms with Crippen molar-refractivity contribution >= 4 is 44.2 Å². The molecule has 2 atom stereocenters. The number of H-pyrrole nitrogens is 1. The predicted octanol–water partition coefficient (Wildman–Crippen LogP) is 9.03. The van der Waals surface area contributed by atoms with Gasteiger partial charge in [-0.1, -0.05) is 44.5 Å². The molecule has 5 heterocycles. The van der Waals surface area contributed by atoms with E-state index >= 15 is 0 Å². The first kappa shape index (κ1) is 47.2. The van der Waals surface area contributed by atoms with Crippen molar-refractivity contribution in [1.82, 2.24) is 24.6 Å². The van der Waals surface area contributed by atoms with Crippen LogP contribution in [0.2, 0.25) is 0 Å². The van der Waals surface area contributed by atoms with Gasteiger partial charge in [0.2, 0.25) is 5.82 Å². The van der Waals surface area contributed by atoms with Gasteiger partial charge < -0.3 is 29.8 Å². The maximum Gasteiger partial charge on any atom is 0.312 e. The highest BCUT2D eigenvalue weighted by atomic mass is 32.2. The molecule has 2 aromatic carbocycles. The first-order valence-electron chi connectivity index (χ1n) is 23.9. The third-order valence-electron chi connectivity index (χ3n) is 14.8. The molecule has 0 bridgehead atoms. The van der Waals surface area contributed by atoms with Crippen LogP contribution in [0.1, 0.15) is 119 Å². The van der Waals surface area contributed by atoms with Gasteiger partial charge in [0.05, 0.1) is 34.3 Å². The number of aliphatic hydroxyl groups is 1. The number of ether oxygens (including phenoxy) is 2. The van der Waals surface area contributed by atoms with Crippen LogP contribution in [0.3, 0.4) is 0 Å². The first-order chi connectivity index (χ1) is 32.5. The van der Waals surface area contributed by atoms with Gasteiger partial charge in [-0.3, -0.25) is 19.8 Å². The van der Waals surface area contributed by atoms with Gasteiger partial charge in [-0.15, -0.1) is 0 Å². The largest absolute Gasteiger partial charge is 0.475 e. The van der Waals surface area contributed by atoms with E-state index < -0.39 is 42.9 Å². The fourth-order valence-electron chi connectivity index (χ4n) is 10.9. The number of hydrogen-bond donors (Lipinski definition) is 4. The molecule has 3 aromatic heterocycles. The summed E-state index contributed by atoms with van der Waals surface area (Å²) in [7, 11) is -4.72. The summed E-state index contributed by atoms with van der Waals surface area (Å²) in [5.74, 6) is -0.609. The van der Waals surface area contributed by atoms with E-state index in [9.17, 15) is 32.8 Å². The molecule has 4 aliphatic rings. The second kappa shape index (κ2) is 18.9. The molecule has 1 amide bonds. The summed E-state index contributed by atoms with van der Waals surface area (Å²) in [6.07, 6.45) is 10.3. The molecular weight excluding hydrogens is 892 g/mol. The summed E-state index contributed by atoms with van der Waals surface area (Å²) < 4.78 is 56.7. The number of nitrogens with one attached hydrogen (secondary N) is 3. The number of nitrogens with zero attached hydrogens (tertiary/aromatic N) is 5. The van der Waals surface area contributed by atoms with Crippen molar-refractivity contribution in [3.8, 4) is 17.4 Å². The number of aromatic amines is 1. The van der Waals surface area contributed by atoms with Crippen molar-refractivity contribution in [3.63, 3.8) is 0 Å². The summed E-state index contributed by atoms with van der Waals surface area (Å²) in [4.78, 5) is 41.2. The number of halogens is 1. The molecule has 4 N–H and O–H groups in total. The maximum atomic E-state index is 14.9. The number of anilines is 2. The van der Waals surface area contributed by atoms with E-state index in [-0.39, 0.29) is 57.7 Å². The highest BCUT2D eigenvalue weighted by Gasteiger charge is 2.49. The van der Waals surface area contributed by atoms with Crippen molar-refractivity contribution in [2.24, 2.45) is 11.3 Å². The number of rotatable bonds is 15. The molecule has 2 aliphatic heterocycles. The van der Waals surface area contributed by atoms with Crippen LogP contribution >= 0.6 is 0 Å². The standard InChI is InChI=1S/C50H61FN8O8S/c1-5-66-48-44(25-39-40(51)28-54-45(39)55-48)67-43-23-33(57-21-19-50(20-22-57)29-58(30-50)41-12-8-11-37(41)36-10-7-6-9-35(36)31(2)3)13-14-38(43)47(60)56-68(64,65)34-24-42(59(62)63)46(53-27-34)52-26-32-15-17-49(4,61)18-16-32/h6-7,9-10,13-14,23-25,27-28,31-32,37,41,61H,5,8,11-12,15-22,26,29-30H2,1-4H3,(H,52,53)(H,54,55)(H,56,60)/t32?,37-,41-,49?/m0/s1. The summed E-state index contributed by atoms with van der Waals surface area (Å²) in [6.45, 7) is 12.3. The van der Waals surface area contributed by atoms with Crippen molar-refractivity contribution in [1.29, 1.82) is 0 Å². The van der Waals surface area contributed by atoms with E-state index in [0.717, 1.165) is 63.2 Å². The van der Waals surface area contributed by atoms with Crippen molar-refractivity contribution < 1.29 is 37.1 Å². The first-order valence-corrected chi connectivity index (χ1v) is 25.4. The Morgan fingerprint density at radius 2 is 1.79 bits per heavy atom. The zero-order valence-electron chi connectivity index (χ0n) is 39.1. The van der Waals surface area contributed by atoms with Crippen LogP contribution in [-0.2, 0) is 10.0 Å². The van der Waals surface area contributed by atoms with Crippen LogP contribution in [-0.4, -0.2) is 95.2 Å². The number of pyridine rings is 2. The minimum atomic E-state index is -4.72. The van der Waals surface area contributed by atoms with E-state index in [2.05, 4.69) is 72.9 Å². The fraction of sp³-hybridized carbons (Fsp3) is 0.500. The number of aromatic nitrogens is 3. The third kappa shape index (κ3) is 9.72. The molecule has 4 fully saturated rings. The van der Waals surface area contributed by atoms with Gasteiger partial charge in [-0.2, -0.15) is 4.98 Å². The molecule has 2 saturated heterocycles. The number of amides is 1. The third-order valence-corrected chi connectivity index (χ3v) is 16.1. The topological polar surface area (TPSA) is 205 Å². The molecule has 5 aromatic rings. The smallest absolute Gasteiger partial charge is 0.312 e. The number of likely N-dealkylation sites (tertiary alicyclic amines) is 1. The lowest BCUT2D eigenvalue weighted by atomic mass is 9.70. The minimum absolute atomic E-state index is 0.00168. The second-order valence-corrected chi connectivity index (χ2v) is 21.6. The van der Waals surface area contributed by atoms with Crippen LogP contribution in [0.15, 0.2) is 71.9 Å². The van der Waals surface area contributed by atoms with E-state index in [1.54, 1.807) is 26.0 Å². The lowest BCUT2D eigenvalue weighted by molar-refractivity contribution is -0.384. The molecule has 1 spiro atoms. The molecule has 9 rings (SSSR count). The van der Waals surface area contributed by atoms with E-state index in [4.69, 9.17) is 9.47 Å².